The lowest BCUT2D eigenvalue weighted by Gasteiger charge is -2.09. The maximum atomic E-state index is 13.7. The SMILES string of the molecule is O=C(Cc1c(F)c(F)c(F)c(F)c1F)Nc1ccc(-c2nc3ccccc3s2)cc1. The fraction of sp³-hybridized carbons (Fsp3) is 0.0476. The van der Waals surface area contributed by atoms with Gasteiger partial charge in [0.2, 0.25) is 11.7 Å². The molecule has 30 heavy (non-hydrogen) atoms. The molecule has 4 aromatic rings. The van der Waals surface area contributed by atoms with E-state index in [9.17, 15) is 26.7 Å². The van der Waals surface area contributed by atoms with Crippen molar-refractivity contribution in [3.05, 3.63) is 83.2 Å². The summed E-state index contributed by atoms with van der Waals surface area (Å²) in [4.78, 5) is 16.6. The Balaban J connectivity index is 1.51. The number of thiazole rings is 1. The van der Waals surface area contributed by atoms with Gasteiger partial charge in [-0.1, -0.05) is 12.1 Å². The van der Waals surface area contributed by atoms with E-state index in [2.05, 4.69) is 10.3 Å². The van der Waals surface area contributed by atoms with Crippen LogP contribution in [0.4, 0.5) is 27.6 Å². The standard InChI is InChI=1S/C21H11F5N2OS/c22-16-12(17(23)19(25)20(26)18(16)24)9-15(29)27-11-7-5-10(6-8-11)21-28-13-3-1-2-4-14(13)30-21/h1-8H,9H2,(H,27,29). The molecule has 0 saturated heterocycles. The molecular formula is C21H11F5N2OS. The first-order chi connectivity index (χ1) is 14.3. The molecule has 4 rings (SSSR count). The van der Waals surface area contributed by atoms with Crippen molar-refractivity contribution in [2.75, 3.05) is 5.32 Å². The van der Waals surface area contributed by atoms with Crippen LogP contribution in [-0.4, -0.2) is 10.9 Å². The Hall–Kier alpha value is -3.33. The van der Waals surface area contributed by atoms with Gasteiger partial charge < -0.3 is 5.32 Å². The summed E-state index contributed by atoms with van der Waals surface area (Å²) < 4.78 is 68.1. The summed E-state index contributed by atoms with van der Waals surface area (Å²) in [5.41, 5.74) is 0.774. The van der Waals surface area contributed by atoms with Crippen molar-refractivity contribution >= 4 is 33.1 Å². The highest BCUT2D eigenvalue weighted by molar-refractivity contribution is 7.21. The molecule has 0 aliphatic carbocycles. The van der Waals surface area contributed by atoms with E-state index in [0.717, 1.165) is 20.8 Å². The largest absolute Gasteiger partial charge is 0.326 e. The van der Waals surface area contributed by atoms with Crippen LogP contribution in [0.15, 0.2) is 48.5 Å². The summed E-state index contributed by atoms with van der Waals surface area (Å²) in [6, 6.07) is 14.1. The van der Waals surface area contributed by atoms with Gasteiger partial charge in [0, 0.05) is 16.8 Å². The molecule has 0 radical (unpaired) electrons. The van der Waals surface area contributed by atoms with Gasteiger partial charge in [-0.15, -0.1) is 11.3 Å². The Morgan fingerprint density at radius 1 is 0.833 bits per heavy atom. The average molecular weight is 434 g/mol. The molecular weight excluding hydrogens is 423 g/mol. The predicted octanol–water partition coefficient (Wildman–Crippen LogP) is 5.84. The highest BCUT2D eigenvalue weighted by Crippen LogP contribution is 2.30. The topological polar surface area (TPSA) is 42.0 Å². The molecule has 0 saturated carbocycles. The molecule has 1 heterocycles. The Kier molecular flexibility index (Phi) is 5.21. The van der Waals surface area contributed by atoms with Gasteiger partial charge in [0.15, 0.2) is 23.3 Å². The number of hydrogen-bond acceptors (Lipinski definition) is 3. The van der Waals surface area contributed by atoms with Crippen LogP contribution in [0.5, 0.6) is 0 Å². The van der Waals surface area contributed by atoms with Gasteiger partial charge in [-0.25, -0.2) is 26.9 Å². The first kappa shape index (κ1) is 20.0. The molecule has 0 aliphatic heterocycles. The number of halogens is 5. The van der Waals surface area contributed by atoms with Crippen LogP contribution in [0.2, 0.25) is 0 Å². The third kappa shape index (κ3) is 3.63. The molecule has 3 nitrogen and oxygen atoms in total. The zero-order valence-electron chi connectivity index (χ0n) is 15.0. The number of rotatable bonds is 4. The summed E-state index contributed by atoms with van der Waals surface area (Å²) in [6.07, 6.45) is -1.01. The number of carbonyl (C=O) groups is 1. The summed E-state index contributed by atoms with van der Waals surface area (Å²) >= 11 is 1.50. The molecule has 1 N–H and O–H groups in total. The second kappa shape index (κ2) is 7.83. The smallest absolute Gasteiger partial charge is 0.229 e. The van der Waals surface area contributed by atoms with Gasteiger partial charge in [0.05, 0.1) is 16.6 Å². The number of anilines is 1. The van der Waals surface area contributed by atoms with Crippen molar-refractivity contribution in [3.8, 4) is 10.6 Å². The zero-order valence-corrected chi connectivity index (χ0v) is 15.8. The molecule has 0 bridgehead atoms. The normalized spacial score (nSPS) is 11.1. The van der Waals surface area contributed by atoms with Gasteiger partial charge in [-0.05, 0) is 36.4 Å². The number of benzene rings is 3. The van der Waals surface area contributed by atoms with Gasteiger partial charge in [0.1, 0.15) is 5.01 Å². The van der Waals surface area contributed by atoms with Crippen molar-refractivity contribution in [1.82, 2.24) is 4.98 Å². The molecule has 3 aromatic carbocycles. The van der Waals surface area contributed by atoms with Gasteiger partial charge in [-0.3, -0.25) is 4.79 Å². The number of hydrogen-bond donors (Lipinski definition) is 1. The number of carbonyl (C=O) groups excluding carboxylic acids is 1. The Labute approximate surface area is 170 Å². The van der Waals surface area contributed by atoms with E-state index in [1.54, 1.807) is 24.3 Å². The second-order valence-electron chi connectivity index (χ2n) is 6.34. The molecule has 152 valence electrons. The van der Waals surface area contributed by atoms with Gasteiger partial charge in [-0.2, -0.15) is 0 Å². The third-order valence-corrected chi connectivity index (χ3v) is 5.43. The monoisotopic (exact) mass is 434 g/mol. The summed E-state index contributed by atoms with van der Waals surface area (Å²) in [6.45, 7) is 0. The van der Waals surface area contributed by atoms with Crippen molar-refractivity contribution < 1.29 is 26.7 Å². The summed E-state index contributed by atoms with van der Waals surface area (Å²) in [7, 11) is 0. The van der Waals surface area contributed by atoms with Crippen molar-refractivity contribution in [2.24, 2.45) is 0 Å². The second-order valence-corrected chi connectivity index (χ2v) is 7.37. The van der Waals surface area contributed by atoms with Crippen LogP contribution >= 0.6 is 11.3 Å². The van der Waals surface area contributed by atoms with Crippen LogP contribution in [0, 0.1) is 29.1 Å². The summed E-state index contributed by atoms with van der Waals surface area (Å²) in [5.74, 6) is -11.4. The number of nitrogens with one attached hydrogen (secondary N) is 1. The van der Waals surface area contributed by atoms with E-state index in [1.807, 2.05) is 24.3 Å². The zero-order chi connectivity index (χ0) is 21.4. The Morgan fingerprint density at radius 2 is 1.43 bits per heavy atom. The maximum absolute atomic E-state index is 13.7. The molecule has 0 atom stereocenters. The fourth-order valence-electron chi connectivity index (χ4n) is 2.86. The van der Waals surface area contributed by atoms with E-state index in [4.69, 9.17) is 0 Å². The van der Waals surface area contributed by atoms with Crippen LogP contribution in [0.25, 0.3) is 20.8 Å². The third-order valence-electron chi connectivity index (χ3n) is 4.35. The fourth-order valence-corrected chi connectivity index (χ4v) is 3.83. The van der Waals surface area contributed by atoms with Crippen molar-refractivity contribution in [3.63, 3.8) is 0 Å². The lowest BCUT2D eigenvalue weighted by Crippen LogP contribution is -2.18. The predicted molar refractivity (Wildman–Crippen MR) is 104 cm³/mol. The lowest BCUT2D eigenvalue weighted by atomic mass is 10.1. The number of para-hydroxylation sites is 1. The van der Waals surface area contributed by atoms with Gasteiger partial charge in [0.25, 0.3) is 0 Å². The van der Waals surface area contributed by atoms with Crippen molar-refractivity contribution in [1.29, 1.82) is 0 Å². The van der Waals surface area contributed by atoms with Crippen LogP contribution < -0.4 is 5.32 Å². The van der Waals surface area contributed by atoms with Crippen LogP contribution in [0.3, 0.4) is 0 Å². The first-order valence-electron chi connectivity index (χ1n) is 8.61. The quantitative estimate of drug-likeness (QED) is 0.249. The average Bonchev–Trinajstić information content (AvgIpc) is 3.19. The minimum atomic E-state index is -2.26. The molecule has 0 spiro atoms. The number of fused-ring (bicyclic) bond motifs is 1. The van der Waals surface area contributed by atoms with E-state index in [1.165, 1.54) is 11.3 Å². The molecule has 1 aromatic heterocycles. The Bertz CT molecular complexity index is 1210. The lowest BCUT2D eigenvalue weighted by molar-refractivity contribution is -0.115. The minimum absolute atomic E-state index is 0.300. The van der Waals surface area contributed by atoms with Crippen LogP contribution in [-0.2, 0) is 11.2 Å². The summed E-state index contributed by atoms with van der Waals surface area (Å²) in [5, 5.41) is 3.15. The van der Waals surface area contributed by atoms with E-state index >= 15 is 0 Å². The van der Waals surface area contributed by atoms with E-state index in [-0.39, 0.29) is 0 Å². The minimum Gasteiger partial charge on any atom is -0.326 e. The number of nitrogens with zero attached hydrogens (tertiary/aromatic N) is 1. The van der Waals surface area contributed by atoms with E-state index < -0.39 is 47.0 Å². The molecule has 0 fully saturated rings. The molecule has 9 heteroatoms. The number of aromatic nitrogens is 1. The first-order valence-corrected chi connectivity index (χ1v) is 9.43. The van der Waals surface area contributed by atoms with Crippen molar-refractivity contribution in [2.45, 2.75) is 6.42 Å². The van der Waals surface area contributed by atoms with Crippen LogP contribution in [0.1, 0.15) is 5.56 Å². The Morgan fingerprint density at radius 3 is 2.07 bits per heavy atom. The molecule has 0 unspecified atom stereocenters. The molecule has 1 amide bonds. The number of amides is 1. The highest BCUT2D eigenvalue weighted by Gasteiger charge is 2.26. The molecule has 0 aliphatic rings. The maximum Gasteiger partial charge on any atom is 0.229 e. The van der Waals surface area contributed by atoms with E-state index in [0.29, 0.717) is 5.69 Å². The van der Waals surface area contributed by atoms with Gasteiger partial charge >= 0.3 is 0 Å². The highest BCUT2D eigenvalue weighted by atomic mass is 32.1.